The summed E-state index contributed by atoms with van der Waals surface area (Å²) in [6.45, 7) is 0.327. The molecule has 0 unspecified atom stereocenters. The molecule has 2 heterocycles. The lowest BCUT2D eigenvalue weighted by atomic mass is 10.1. The minimum absolute atomic E-state index is 0.327. The molecule has 4 nitrogen and oxygen atoms in total. The molecule has 1 aliphatic heterocycles. The molecule has 1 aromatic heterocycles. The van der Waals surface area contributed by atoms with Crippen molar-refractivity contribution in [2.75, 3.05) is 13.0 Å². The lowest BCUT2D eigenvalue weighted by Crippen LogP contribution is -1.94. The van der Waals surface area contributed by atoms with Crippen LogP contribution in [-0.4, -0.2) is 23.0 Å². The lowest BCUT2D eigenvalue weighted by Gasteiger charge is -2.01. The number of imidazole rings is 1. The van der Waals surface area contributed by atoms with Crippen LogP contribution in [0.5, 0.6) is 11.5 Å². The van der Waals surface area contributed by atoms with Crippen molar-refractivity contribution >= 4 is 11.8 Å². The molecule has 1 N–H and O–H groups in total. The highest BCUT2D eigenvalue weighted by molar-refractivity contribution is 7.98. The highest BCUT2D eigenvalue weighted by atomic mass is 32.2. The number of hydrogen-bond acceptors (Lipinski definition) is 4. The van der Waals surface area contributed by atoms with Gasteiger partial charge in [-0.3, -0.25) is 0 Å². The molecule has 2 aromatic rings. The van der Waals surface area contributed by atoms with Crippen LogP contribution < -0.4 is 9.47 Å². The van der Waals surface area contributed by atoms with Crippen LogP contribution in [-0.2, 0) is 12.8 Å². The first kappa shape index (κ1) is 11.5. The number of H-pyrrole nitrogens is 1. The fourth-order valence-electron chi connectivity index (χ4n) is 1.93. The van der Waals surface area contributed by atoms with Crippen LogP contribution in [0.1, 0.15) is 11.4 Å². The average Bonchev–Trinajstić information content (AvgIpc) is 3.04. The van der Waals surface area contributed by atoms with Crippen LogP contribution in [0, 0.1) is 0 Å². The molecule has 18 heavy (non-hydrogen) atoms. The Morgan fingerprint density at radius 2 is 2.17 bits per heavy atom. The van der Waals surface area contributed by atoms with Gasteiger partial charge in [0.05, 0.1) is 11.2 Å². The zero-order valence-corrected chi connectivity index (χ0v) is 10.9. The maximum absolute atomic E-state index is 5.36. The summed E-state index contributed by atoms with van der Waals surface area (Å²) < 4.78 is 10.7. The number of nitrogens with zero attached hydrogens (tertiary/aromatic N) is 1. The SMILES string of the molecule is CSc1cnc(CCc2ccc3c(c2)OCO3)[nH]1. The quantitative estimate of drug-likeness (QED) is 0.860. The molecule has 94 valence electrons. The van der Waals surface area contributed by atoms with Gasteiger partial charge >= 0.3 is 0 Å². The molecule has 0 amide bonds. The second kappa shape index (κ2) is 4.94. The van der Waals surface area contributed by atoms with E-state index in [4.69, 9.17) is 9.47 Å². The van der Waals surface area contributed by atoms with Crippen molar-refractivity contribution in [1.82, 2.24) is 9.97 Å². The maximum Gasteiger partial charge on any atom is 0.231 e. The lowest BCUT2D eigenvalue weighted by molar-refractivity contribution is 0.174. The van der Waals surface area contributed by atoms with Gasteiger partial charge in [-0.25, -0.2) is 4.98 Å². The van der Waals surface area contributed by atoms with Crippen LogP contribution in [0.15, 0.2) is 29.4 Å². The first-order valence-electron chi connectivity index (χ1n) is 5.81. The van der Waals surface area contributed by atoms with Crippen LogP contribution in [0.2, 0.25) is 0 Å². The number of aryl methyl sites for hydroxylation is 2. The molecule has 3 rings (SSSR count). The van der Waals surface area contributed by atoms with Crippen molar-refractivity contribution in [3.8, 4) is 11.5 Å². The third-order valence-corrected chi connectivity index (χ3v) is 3.56. The standard InChI is InChI=1S/C13H14N2O2S/c1-18-13-7-14-12(15-13)5-3-9-2-4-10-11(6-9)17-8-16-10/h2,4,6-7H,3,5,8H2,1H3,(H,14,15). The minimum atomic E-state index is 0.327. The van der Waals surface area contributed by atoms with Gasteiger partial charge < -0.3 is 14.5 Å². The van der Waals surface area contributed by atoms with Gasteiger partial charge in [-0.15, -0.1) is 11.8 Å². The highest BCUT2D eigenvalue weighted by Gasteiger charge is 2.13. The molecular formula is C13H14N2O2S. The largest absolute Gasteiger partial charge is 0.454 e. The van der Waals surface area contributed by atoms with Gasteiger partial charge in [-0.05, 0) is 30.4 Å². The number of fused-ring (bicyclic) bond motifs is 1. The van der Waals surface area contributed by atoms with Gasteiger partial charge in [0.2, 0.25) is 6.79 Å². The Morgan fingerprint density at radius 1 is 1.28 bits per heavy atom. The molecule has 0 saturated heterocycles. The molecule has 0 saturated carbocycles. The summed E-state index contributed by atoms with van der Waals surface area (Å²) in [5.41, 5.74) is 1.24. The van der Waals surface area contributed by atoms with E-state index >= 15 is 0 Å². The van der Waals surface area contributed by atoms with Gasteiger partial charge in [0, 0.05) is 6.42 Å². The third-order valence-electron chi connectivity index (χ3n) is 2.91. The summed E-state index contributed by atoms with van der Waals surface area (Å²) in [5, 5.41) is 1.11. The molecule has 0 radical (unpaired) electrons. The second-order valence-electron chi connectivity index (χ2n) is 4.09. The Balaban J connectivity index is 1.66. The van der Waals surface area contributed by atoms with Crippen molar-refractivity contribution in [3.63, 3.8) is 0 Å². The summed E-state index contributed by atoms with van der Waals surface area (Å²) in [7, 11) is 0. The Morgan fingerprint density at radius 3 is 3.00 bits per heavy atom. The van der Waals surface area contributed by atoms with E-state index in [9.17, 15) is 0 Å². The predicted octanol–water partition coefficient (Wildman–Crippen LogP) is 2.65. The zero-order chi connectivity index (χ0) is 12.4. The van der Waals surface area contributed by atoms with Crippen LogP contribution in [0.3, 0.4) is 0 Å². The third kappa shape index (κ3) is 2.31. The Labute approximate surface area is 110 Å². The monoisotopic (exact) mass is 262 g/mol. The van der Waals surface area contributed by atoms with Crippen molar-refractivity contribution < 1.29 is 9.47 Å². The van der Waals surface area contributed by atoms with E-state index in [0.717, 1.165) is 35.2 Å². The molecule has 0 atom stereocenters. The fourth-order valence-corrected chi connectivity index (χ4v) is 2.31. The molecule has 0 bridgehead atoms. The minimum Gasteiger partial charge on any atom is -0.454 e. The van der Waals surface area contributed by atoms with Gasteiger partial charge in [0.1, 0.15) is 5.82 Å². The molecule has 1 aliphatic rings. The van der Waals surface area contributed by atoms with Crippen molar-refractivity contribution in [2.45, 2.75) is 17.9 Å². The number of rotatable bonds is 4. The number of hydrogen-bond donors (Lipinski definition) is 1. The van der Waals surface area contributed by atoms with E-state index < -0.39 is 0 Å². The molecule has 0 fully saturated rings. The smallest absolute Gasteiger partial charge is 0.231 e. The van der Waals surface area contributed by atoms with Gasteiger partial charge in [-0.1, -0.05) is 6.07 Å². The molecule has 5 heteroatoms. The number of ether oxygens (including phenoxy) is 2. The van der Waals surface area contributed by atoms with Crippen molar-refractivity contribution in [2.24, 2.45) is 0 Å². The Bertz CT molecular complexity index is 554. The van der Waals surface area contributed by atoms with Gasteiger partial charge in [0.25, 0.3) is 0 Å². The number of nitrogens with one attached hydrogen (secondary N) is 1. The molecule has 1 aromatic carbocycles. The Hall–Kier alpha value is -1.62. The maximum atomic E-state index is 5.36. The summed E-state index contributed by atoms with van der Waals surface area (Å²) in [6.07, 6.45) is 5.76. The van der Waals surface area contributed by atoms with Crippen molar-refractivity contribution in [1.29, 1.82) is 0 Å². The van der Waals surface area contributed by atoms with Crippen molar-refractivity contribution in [3.05, 3.63) is 35.8 Å². The summed E-state index contributed by atoms with van der Waals surface area (Å²) in [5.74, 6) is 2.70. The van der Waals surface area contributed by atoms with Crippen LogP contribution in [0.25, 0.3) is 0 Å². The second-order valence-corrected chi connectivity index (χ2v) is 4.93. The number of aromatic nitrogens is 2. The number of aromatic amines is 1. The average molecular weight is 262 g/mol. The molecular weight excluding hydrogens is 248 g/mol. The summed E-state index contributed by atoms with van der Waals surface area (Å²) >= 11 is 1.67. The zero-order valence-electron chi connectivity index (χ0n) is 10.1. The highest BCUT2D eigenvalue weighted by Crippen LogP contribution is 2.32. The predicted molar refractivity (Wildman–Crippen MR) is 70.3 cm³/mol. The summed E-state index contributed by atoms with van der Waals surface area (Å²) in [6, 6.07) is 6.08. The number of thioether (sulfide) groups is 1. The topological polar surface area (TPSA) is 47.1 Å². The van der Waals surface area contributed by atoms with Crippen LogP contribution in [0.4, 0.5) is 0 Å². The first-order valence-corrected chi connectivity index (χ1v) is 7.04. The van der Waals surface area contributed by atoms with Gasteiger partial charge in [-0.2, -0.15) is 0 Å². The van der Waals surface area contributed by atoms with E-state index in [1.807, 2.05) is 24.6 Å². The summed E-state index contributed by atoms with van der Waals surface area (Å²) in [4.78, 5) is 7.62. The molecule has 0 aliphatic carbocycles. The fraction of sp³-hybridized carbons (Fsp3) is 0.308. The van der Waals surface area contributed by atoms with E-state index in [0.29, 0.717) is 6.79 Å². The number of benzene rings is 1. The van der Waals surface area contributed by atoms with E-state index in [-0.39, 0.29) is 0 Å². The van der Waals surface area contributed by atoms with Crippen LogP contribution >= 0.6 is 11.8 Å². The first-order chi connectivity index (χ1) is 8.85. The van der Waals surface area contributed by atoms with Gasteiger partial charge in [0.15, 0.2) is 11.5 Å². The van der Waals surface area contributed by atoms with E-state index in [2.05, 4.69) is 16.0 Å². The van der Waals surface area contributed by atoms with E-state index in [1.54, 1.807) is 11.8 Å². The normalized spacial score (nSPS) is 12.9. The Kier molecular flexibility index (Phi) is 3.15. The van der Waals surface area contributed by atoms with E-state index in [1.165, 1.54) is 5.56 Å². The molecule has 0 spiro atoms.